The van der Waals surface area contributed by atoms with Crippen LogP contribution >= 0.6 is 28.6 Å². The van der Waals surface area contributed by atoms with Crippen LogP contribution in [0.15, 0.2) is 21.5 Å². The van der Waals surface area contributed by atoms with Gasteiger partial charge in [-0.2, -0.15) is 0 Å². The maximum absolute atomic E-state index is 10.4. The van der Waals surface area contributed by atoms with Crippen molar-refractivity contribution in [2.75, 3.05) is 0 Å². The van der Waals surface area contributed by atoms with E-state index in [9.17, 15) is 10.1 Å². The zero-order chi connectivity index (χ0) is 9.30. The summed E-state index contributed by atoms with van der Waals surface area (Å²) in [7, 11) is 0. The lowest BCUT2D eigenvalue weighted by Crippen LogP contribution is -1.92. The molecule has 64 valence electrons. The van der Waals surface area contributed by atoms with E-state index < -0.39 is 4.92 Å². The molecule has 0 saturated heterocycles. The van der Waals surface area contributed by atoms with Crippen LogP contribution in [0, 0.1) is 17.0 Å². The van der Waals surface area contributed by atoms with Gasteiger partial charge in [-0.1, -0.05) is 0 Å². The summed E-state index contributed by atoms with van der Waals surface area (Å²) in [4.78, 5) is 10.7. The van der Waals surface area contributed by atoms with Crippen LogP contribution in [0.1, 0.15) is 5.56 Å². The Hall–Kier alpha value is -0.550. The van der Waals surface area contributed by atoms with Gasteiger partial charge < -0.3 is 0 Å². The van der Waals surface area contributed by atoms with E-state index in [4.69, 9.17) is 0 Å². The Morgan fingerprint density at radius 2 is 2.17 bits per heavy atom. The molecule has 1 aromatic rings. The number of rotatable bonds is 1. The summed E-state index contributed by atoms with van der Waals surface area (Å²) in [5.41, 5.74) is 0.715. The van der Waals surface area contributed by atoms with E-state index in [1.54, 1.807) is 13.0 Å². The summed E-state index contributed by atoms with van der Waals surface area (Å²) in [6.07, 6.45) is 0. The molecule has 0 atom stereocenters. The third kappa shape index (κ3) is 1.61. The van der Waals surface area contributed by atoms with Gasteiger partial charge in [-0.3, -0.25) is 10.1 Å². The van der Waals surface area contributed by atoms with E-state index in [0.717, 1.165) is 0 Å². The Bertz CT molecular complexity index is 340. The van der Waals surface area contributed by atoms with Crippen LogP contribution in [0.2, 0.25) is 0 Å². The van der Waals surface area contributed by atoms with E-state index in [1.807, 2.05) is 0 Å². The van der Waals surface area contributed by atoms with Crippen molar-refractivity contribution in [3.05, 3.63) is 32.3 Å². The lowest BCUT2D eigenvalue weighted by Gasteiger charge is -2.01. The number of benzene rings is 1. The first kappa shape index (κ1) is 9.54. The van der Waals surface area contributed by atoms with E-state index >= 15 is 0 Å². The van der Waals surface area contributed by atoms with Crippen LogP contribution in [-0.4, -0.2) is 4.92 Å². The van der Waals surface area contributed by atoms with E-state index in [-0.39, 0.29) is 5.69 Å². The second-order valence-electron chi connectivity index (χ2n) is 2.30. The predicted molar refractivity (Wildman–Crippen MR) is 52.8 cm³/mol. The number of nitrogens with zero attached hydrogens (tertiary/aromatic N) is 1. The fourth-order valence-corrected chi connectivity index (χ4v) is 1.44. The summed E-state index contributed by atoms with van der Waals surface area (Å²) in [6.45, 7) is 1.68. The molecule has 5 heteroatoms. The normalized spacial score (nSPS) is 9.92. The third-order valence-electron chi connectivity index (χ3n) is 1.53. The van der Waals surface area contributed by atoms with Crippen molar-refractivity contribution in [1.82, 2.24) is 0 Å². The minimum Gasteiger partial charge on any atom is -0.258 e. The van der Waals surface area contributed by atoms with E-state index in [1.165, 1.54) is 6.07 Å². The topological polar surface area (TPSA) is 43.1 Å². The van der Waals surface area contributed by atoms with Crippen molar-refractivity contribution in [2.45, 2.75) is 11.8 Å². The Kier molecular flexibility index (Phi) is 2.74. The molecule has 0 spiro atoms. The number of hydrogen-bond donors (Lipinski definition) is 1. The first-order valence-corrected chi connectivity index (χ1v) is 4.40. The van der Waals surface area contributed by atoms with Crippen LogP contribution in [0.3, 0.4) is 0 Å². The highest BCUT2D eigenvalue weighted by molar-refractivity contribution is 9.10. The van der Waals surface area contributed by atoms with Gasteiger partial charge in [0.05, 0.1) is 4.92 Å². The van der Waals surface area contributed by atoms with Gasteiger partial charge in [0, 0.05) is 21.0 Å². The van der Waals surface area contributed by atoms with Crippen molar-refractivity contribution in [1.29, 1.82) is 0 Å². The molecule has 0 radical (unpaired) electrons. The molecule has 0 aliphatic carbocycles. The molecule has 0 amide bonds. The van der Waals surface area contributed by atoms with E-state index in [0.29, 0.717) is 14.9 Å². The standard InChI is InChI=1S/C7H6BrNO2S/c1-4-5(9(10)11)2-3-6(12)7(4)8/h2-3,12H,1H3. The maximum Gasteiger partial charge on any atom is 0.273 e. The van der Waals surface area contributed by atoms with Crippen molar-refractivity contribution in [3.63, 3.8) is 0 Å². The smallest absolute Gasteiger partial charge is 0.258 e. The van der Waals surface area contributed by atoms with Crippen LogP contribution in [0.25, 0.3) is 0 Å². The zero-order valence-electron chi connectivity index (χ0n) is 6.24. The number of nitro groups is 1. The predicted octanol–water partition coefficient (Wildman–Crippen LogP) is 2.95. The van der Waals surface area contributed by atoms with Gasteiger partial charge >= 0.3 is 0 Å². The SMILES string of the molecule is Cc1c([N+](=O)[O-])ccc(S)c1Br. The molecule has 1 rings (SSSR count). The molecule has 1 aromatic carbocycles. The molecule has 0 heterocycles. The minimum atomic E-state index is -0.409. The van der Waals surface area contributed by atoms with Crippen LogP contribution < -0.4 is 0 Å². The molecule has 0 aromatic heterocycles. The zero-order valence-corrected chi connectivity index (χ0v) is 8.72. The minimum absolute atomic E-state index is 0.111. The van der Waals surface area contributed by atoms with Crippen LogP contribution in [0.5, 0.6) is 0 Å². The summed E-state index contributed by atoms with van der Waals surface area (Å²) in [5.74, 6) is 0. The van der Waals surface area contributed by atoms with Crippen molar-refractivity contribution in [3.8, 4) is 0 Å². The second kappa shape index (κ2) is 3.45. The number of nitro benzene ring substituents is 1. The maximum atomic E-state index is 10.4. The quantitative estimate of drug-likeness (QED) is 0.471. The van der Waals surface area contributed by atoms with E-state index in [2.05, 4.69) is 28.6 Å². The first-order valence-electron chi connectivity index (χ1n) is 3.16. The van der Waals surface area contributed by atoms with Crippen molar-refractivity contribution in [2.24, 2.45) is 0 Å². The summed E-state index contributed by atoms with van der Waals surface area (Å²) < 4.78 is 0.681. The van der Waals surface area contributed by atoms with Crippen molar-refractivity contribution >= 4 is 34.2 Å². The molecule has 3 nitrogen and oxygen atoms in total. The van der Waals surface area contributed by atoms with Gasteiger partial charge in [0.2, 0.25) is 0 Å². The first-order chi connectivity index (χ1) is 5.54. The lowest BCUT2D eigenvalue weighted by atomic mass is 10.2. The van der Waals surface area contributed by atoms with Gasteiger partial charge in [0.15, 0.2) is 0 Å². The fourth-order valence-electron chi connectivity index (χ4n) is 0.858. The summed E-state index contributed by atoms with van der Waals surface area (Å²) >= 11 is 7.33. The van der Waals surface area contributed by atoms with Gasteiger partial charge in [-0.05, 0) is 28.9 Å². The monoisotopic (exact) mass is 247 g/mol. The molecule has 12 heavy (non-hydrogen) atoms. The van der Waals surface area contributed by atoms with Gasteiger partial charge in [0.25, 0.3) is 5.69 Å². The average Bonchev–Trinajstić information content (AvgIpc) is 2.00. The largest absolute Gasteiger partial charge is 0.273 e. The number of hydrogen-bond acceptors (Lipinski definition) is 3. The van der Waals surface area contributed by atoms with Gasteiger partial charge in [-0.25, -0.2) is 0 Å². The second-order valence-corrected chi connectivity index (χ2v) is 3.57. The molecule has 0 aliphatic rings. The molecule has 0 unspecified atom stereocenters. The Morgan fingerprint density at radius 1 is 1.58 bits per heavy atom. The molecular formula is C7H6BrNO2S. The molecular weight excluding hydrogens is 242 g/mol. The van der Waals surface area contributed by atoms with Crippen LogP contribution in [-0.2, 0) is 0 Å². The Morgan fingerprint density at radius 3 is 2.67 bits per heavy atom. The molecule has 0 saturated carbocycles. The summed E-state index contributed by atoms with van der Waals surface area (Å²) in [6, 6.07) is 3.04. The highest BCUT2D eigenvalue weighted by Crippen LogP contribution is 2.30. The molecule has 0 N–H and O–H groups in total. The molecule has 0 bridgehead atoms. The van der Waals surface area contributed by atoms with Crippen LogP contribution in [0.4, 0.5) is 5.69 Å². The Labute approximate surface area is 83.5 Å². The number of halogens is 1. The highest BCUT2D eigenvalue weighted by Gasteiger charge is 2.13. The Balaban J connectivity index is 3.36. The molecule has 0 fully saturated rings. The summed E-state index contributed by atoms with van der Waals surface area (Å²) in [5, 5.41) is 10.4. The molecule has 0 aliphatic heterocycles. The third-order valence-corrected chi connectivity index (χ3v) is 3.24. The highest BCUT2D eigenvalue weighted by atomic mass is 79.9. The van der Waals surface area contributed by atoms with Gasteiger partial charge in [-0.15, -0.1) is 12.6 Å². The lowest BCUT2D eigenvalue weighted by molar-refractivity contribution is -0.385. The number of thiol groups is 1. The average molecular weight is 248 g/mol. The van der Waals surface area contributed by atoms with Crippen molar-refractivity contribution < 1.29 is 4.92 Å². The van der Waals surface area contributed by atoms with Gasteiger partial charge in [0.1, 0.15) is 0 Å². The fraction of sp³-hybridized carbons (Fsp3) is 0.143.